The molecule has 0 saturated carbocycles. The van der Waals surface area contributed by atoms with Gasteiger partial charge in [-0.1, -0.05) is 27.7 Å². The van der Waals surface area contributed by atoms with Crippen LogP contribution in [-0.2, 0) is 57.5 Å². The lowest BCUT2D eigenvalue weighted by atomic mass is 9.96. The summed E-state index contributed by atoms with van der Waals surface area (Å²) in [6, 6.07) is -3.53. The molecule has 0 amide bonds. The quantitative estimate of drug-likeness (QED) is 0.0480. The van der Waals surface area contributed by atoms with Crippen LogP contribution in [0.4, 0.5) is 0 Å². The number of carboxylic acid groups (broad SMARTS) is 12. The molecule has 1 fully saturated rings. The van der Waals surface area contributed by atoms with Gasteiger partial charge in [0.25, 0.3) is 0 Å². The first kappa shape index (κ1) is 84.0. The van der Waals surface area contributed by atoms with Crippen LogP contribution in [0.3, 0.4) is 0 Å². The van der Waals surface area contributed by atoms with Crippen molar-refractivity contribution < 1.29 is 149 Å². The number of aliphatic hydroxyl groups excluding tert-OH is 5. The lowest BCUT2D eigenvalue weighted by Gasteiger charge is -2.18. The van der Waals surface area contributed by atoms with Crippen molar-refractivity contribution >= 4 is 71.6 Å². The number of nitrogens with two attached hydrogens (primary N) is 4. The van der Waals surface area contributed by atoms with Gasteiger partial charge in [0.2, 0.25) is 0 Å². The molecule has 1 saturated heterocycles. The zero-order valence-corrected chi connectivity index (χ0v) is 40.9. The summed E-state index contributed by atoms with van der Waals surface area (Å²) in [5.74, 6) is -14.3. The van der Waals surface area contributed by atoms with E-state index >= 15 is 0 Å². The number of carbonyl (C=O) groups is 12. The van der Waals surface area contributed by atoms with E-state index in [9.17, 15) is 57.5 Å². The number of hydrogen-bond donors (Lipinski definition) is 23. The molecule has 436 valence electrons. The van der Waals surface area contributed by atoms with Gasteiger partial charge >= 0.3 is 71.6 Å². The Morgan fingerprint density at radius 2 is 0.919 bits per heavy atom. The summed E-state index contributed by atoms with van der Waals surface area (Å²) in [6.45, 7) is 8.49. The SMILES string of the molecule is CC(C)C(N)C(=O)O.CC(C)CC(N)C(=O)O.CC(N)C(=O)O.NC(CO)C(=O)O.O=C(O)CC(O)(CC(=O)O)C(=O)O.O=C(O)CC(O)C(=O)O.O=C(O)CCC(=O)O.O=C(O)[C@@H]1CCCN1.OCC(O)CO. The van der Waals surface area contributed by atoms with E-state index in [1.807, 2.05) is 13.8 Å². The Hall–Kier alpha value is -6.80. The Kier molecular flexibility index (Phi) is 56.5. The first-order chi connectivity index (χ1) is 33.5. The molecule has 0 aromatic rings. The zero-order valence-electron chi connectivity index (χ0n) is 40.9. The maximum absolute atomic E-state index is 10.3. The van der Waals surface area contributed by atoms with Crippen molar-refractivity contribution in [2.75, 3.05) is 26.4 Å². The maximum Gasteiger partial charge on any atom is 0.336 e. The fourth-order valence-corrected chi connectivity index (χ4v) is 3.11. The van der Waals surface area contributed by atoms with E-state index in [1.165, 1.54) is 6.92 Å². The van der Waals surface area contributed by atoms with Crippen LogP contribution in [0, 0.1) is 11.8 Å². The number of aliphatic hydroxyl groups is 6. The standard InChI is InChI=1S/C6H13NO2.C6H8O7.C5H9NO2.C5H11NO2.C4H6O5.C4H6O4.C3H7NO3.C3H7NO2.C3H8O3/c1-4(2)3-5(7)6(8)9;7-3(8)1-6(13,5(11)12)2-4(9)10;7-5(8)4-2-1-3-6-4;1-3(2)4(6)5(7)8;5-2(4(8)9)1-3(6)7;5-3(6)1-2-4(7)8;4-2(1-5)3(6)7;1-2(4)3(5)6;4-1-3(6)2-5/h4-5H,3,7H2,1-2H3,(H,8,9);13H,1-2H2,(H,7,8)(H,9,10)(H,11,12);4,6H,1-3H2,(H,7,8);3-4H,6H2,1-2H3,(H,7,8);2,5H,1H2,(H,6,7)(H,8,9);1-2H2,(H,5,6)(H,7,8);2,5H,1,4H2,(H,6,7);2H,4H2,1H3,(H,5,6);3-6H,1-2H2/t;;4-;;;;;;/m..0....../s1. The molecule has 35 heteroatoms. The van der Waals surface area contributed by atoms with Gasteiger partial charge in [0.05, 0.1) is 51.9 Å². The number of nitrogens with one attached hydrogen (secondary N) is 1. The lowest BCUT2D eigenvalue weighted by molar-refractivity contribution is -0.170. The average Bonchev–Trinajstić information content (AvgIpc) is 3.81. The molecule has 0 spiro atoms. The topological polar surface area (TPSA) is 685 Å². The third-order valence-corrected chi connectivity index (χ3v) is 7.22. The fourth-order valence-electron chi connectivity index (χ4n) is 3.11. The van der Waals surface area contributed by atoms with Gasteiger partial charge in [0, 0.05) is 0 Å². The van der Waals surface area contributed by atoms with Gasteiger partial charge in [-0.3, -0.25) is 47.9 Å². The van der Waals surface area contributed by atoms with Crippen LogP contribution in [0.5, 0.6) is 0 Å². The van der Waals surface area contributed by atoms with Crippen molar-refractivity contribution in [3.05, 3.63) is 0 Å². The molecule has 35 nitrogen and oxygen atoms in total. The number of carboxylic acids is 12. The van der Waals surface area contributed by atoms with Crippen LogP contribution in [0.2, 0.25) is 0 Å². The highest BCUT2D eigenvalue weighted by Crippen LogP contribution is 2.15. The molecule has 0 aromatic heterocycles. The second-order valence-corrected chi connectivity index (χ2v) is 15.2. The van der Waals surface area contributed by atoms with Crippen LogP contribution >= 0.6 is 0 Å². The smallest absolute Gasteiger partial charge is 0.336 e. The molecule has 0 aromatic carbocycles. The van der Waals surface area contributed by atoms with Gasteiger partial charge in [-0.05, 0) is 44.6 Å². The monoisotopic (exact) mass is 1090 g/mol. The van der Waals surface area contributed by atoms with Crippen molar-refractivity contribution in [3.63, 3.8) is 0 Å². The van der Waals surface area contributed by atoms with E-state index in [0.29, 0.717) is 12.3 Å². The van der Waals surface area contributed by atoms with E-state index in [0.717, 1.165) is 19.4 Å². The van der Waals surface area contributed by atoms with E-state index in [2.05, 4.69) is 5.32 Å². The Balaban J connectivity index is -0.000000111. The van der Waals surface area contributed by atoms with Gasteiger partial charge in [-0.2, -0.15) is 0 Å². The molecule has 0 aliphatic carbocycles. The number of rotatable bonds is 22. The van der Waals surface area contributed by atoms with Crippen molar-refractivity contribution in [1.82, 2.24) is 5.32 Å². The van der Waals surface area contributed by atoms with Crippen molar-refractivity contribution in [1.29, 1.82) is 0 Å². The van der Waals surface area contributed by atoms with Crippen LogP contribution in [-0.4, -0.2) is 238 Å². The zero-order chi connectivity index (χ0) is 60.8. The molecule has 0 bridgehead atoms. The van der Waals surface area contributed by atoms with Crippen LogP contribution < -0.4 is 28.3 Å². The lowest BCUT2D eigenvalue weighted by Crippen LogP contribution is -2.42. The van der Waals surface area contributed by atoms with Gasteiger partial charge in [0.15, 0.2) is 11.7 Å². The van der Waals surface area contributed by atoms with Gasteiger partial charge in [-0.25, -0.2) is 9.59 Å². The van der Waals surface area contributed by atoms with E-state index in [1.54, 1.807) is 13.8 Å². The highest BCUT2D eigenvalue weighted by Gasteiger charge is 2.40. The van der Waals surface area contributed by atoms with Crippen molar-refractivity contribution in [2.24, 2.45) is 34.8 Å². The first-order valence-corrected chi connectivity index (χ1v) is 20.8. The normalized spacial score (nSPS) is 13.8. The molecule has 1 aliphatic heterocycles. The van der Waals surface area contributed by atoms with E-state index in [4.69, 9.17) is 115 Å². The molecule has 74 heavy (non-hydrogen) atoms. The summed E-state index contributed by atoms with van der Waals surface area (Å²) in [5, 5.41) is 149. The van der Waals surface area contributed by atoms with Gasteiger partial charge in [0.1, 0.15) is 36.3 Å². The molecule has 27 N–H and O–H groups in total. The number of aliphatic carboxylic acids is 12. The Morgan fingerprint density at radius 1 is 0.541 bits per heavy atom. The summed E-state index contributed by atoms with van der Waals surface area (Å²) >= 11 is 0. The molecular weight excluding hydrogens is 1020 g/mol. The van der Waals surface area contributed by atoms with Gasteiger partial charge in [-0.15, -0.1) is 0 Å². The van der Waals surface area contributed by atoms with Gasteiger partial charge < -0.3 is 120 Å². The van der Waals surface area contributed by atoms with Crippen LogP contribution in [0.25, 0.3) is 0 Å². The number of hydrogen-bond acceptors (Lipinski definition) is 23. The second-order valence-electron chi connectivity index (χ2n) is 15.2. The molecule has 0 radical (unpaired) electrons. The predicted molar refractivity (Wildman–Crippen MR) is 246 cm³/mol. The third kappa shape index (κ3) is 67.3. The van der Waals surface area contributed by atoms with Crippen molar-refractivity contribution in [2.45, 2.75) is 134 Å². The molecule has 6 atom stereocenters. The van der Waals surface area contributed by atoms with E-state index in [-0.39, 0.29) is 38.0 Å². The first-order valence-electron chi connectivity index (χ1n) is 20.8. The molecule has 1 rings (SSSR count). The summed E-state index contributed by atoms with van der Waals surface area (Å²) in [7, 11) is 0. The minimum absolute atomic E-state index is 0.0208. The minimum Gasteiger partial charge on any atom is -0.481 e. The highest BCUT2D eigenvalue weighted by molar-refractivity contribution is 5.88. The fraction of sp³-hybridized carbons (Fsp3) is 0.692. The summed E-state index contributed by atoms with van der Waals surface area (Å²) in [5.41, 5.74) is 17.2. The maximum atomic E-state index is 10.3. The molecular formula is C39H75N5O30. The third-order valence-electron chi connectivity index (χ3n) is 7.22. The average molecular weight is 1090 g/mol. The summed E-state index contributed by atoms with van der Waals surface area (Å²) < 4.78 is 0. The molecule has 1 heterocycles. The minimum atomic E-state index is -2.74. The summed E-state index contributed by atoms with van der Waals surface area (Å²) in [6.07, 6.45) is -4.04. The molecule has 5 unspecified atom stereocenters. The Morgan fingerprint density at radius 3 is 1.01 bits per heavy atom. The van der Waals surface area contributed by atoms with Crippen LogP contribution in [0.1, 0.15) is 86.0 Å². The van der Waals surface area contributed by atoms with Crippen molar-refractivity contribution in [3.8, 4) is 0 Å². The second kappa shape index (κ2) is 49.8. The largest absolute Gasteiger partial charge is 0.481 e. The van der Waals surface area contributed by atoms with Crippen LogP contribution in [0.15, 0.2) is 0 Å². The predicted octanol–water partition coefficient (Wildman–Crippen LogP) is -5.94. The Bertz CT molecular complexity index is 1610. The Labute approximate surface area is 421 Å². The summed E-state index contributed by atoms with van der Waals surface area (Å²) in [4.78, 5) is 119. The molecule has 1 aliphatic rings. The van der Waals surface area contributed by atoms with E-state index < -0.39 is 139 Å². The highest BCUT2D eigenvalue weighted by atomic mass is 16.4.